The average molecular weight is 354 g/mol. The smallest absolute Gasteiger partial charge is 0.311 e. The second-order valence-corrected chi connectivity index (χ2v) is 5.89. The lowest BCUT2D eigenvalue weighted by molar-refractivity contribution is -0.134. The summed E-state index contributed by atoms with van der Waals surface area (Å²) in [7, 11) is 0. The van der Waals surface area contributed by atoms with Gasteiger partial charge in [-0.05, 0) is 29.3 Å². The molecule has 0 saturated carbocycles. The van der Waals surface area contributed by atoms with Gasteiger partial charge >= 0.3 is 5.97 Å². The maximum absolute atomic E-state index is 12.6. The number of hydrogen-bond donors (Lipinski definition) is 1. The number of aromatic nitrogens is 1. The van der Waals surface area contributed by atoms with Crippen LogP contribution in [0.15, 0.2) is 65.5 Å². The number of ether oxygens (including phenoxy) is 1. The lowest BCUT2D eigenvalue weighted by atomic mass is 10.0. The molecule has 5 heteroatoms. The summed E-state index contributed by atoms with van der Waals surface area (Å²) in [6.07, 6.45) is 0.180. The number of esters is 1. The molecule has 1 N–H and O–H groups in total. The lowest BCUT2D eigenvalue weighted by Crippen LogP contribution is -2.17. The third-order valence-corrected chi connectivity index (χ3v) is 3.98. The Balaban J connectivity index is 2.20. The topological polar surface area (TPSA) is 59.2 Å². The highest BCUT2D eigenvalue weighted by atomic mass is 35.5. The molecule has 0 bridgehead atoms. The van der Waals surface area contributed by atoms with E-state index in [-0.39, 0.29) is 12.2 Å². The molecule has 4 nitrogen and oxygen atoms in total. The molecular formula is C20H16ClNO3. The van der Waals surface area contributed by atoms with Gasteiger partial charge in [0.25, 0.3) is 5.56 Å². The second-order valence-electron chi connectivity index (χ2n) is 5.46. The normalized spacial score (nSPS) is 10.5. The fourth-order valence-corrected chi connectivity index (χ4v) is 2.58. The van der Waals surface area contributed by atoms with Gasteiger partial charge in [0, 0.05) is 22.7 Å². The zero-order chi connectivity index (χ0) is 17.8. The molecule has 0 atom stereocenters. The molecule has 1 heterocycles. The highest BCUT2D eigenvalue weighted by Crippen LogP contribution is 2.31. The fraction of sp³-hybridized carbons (Fsp3) is 0.100. The van der Waals surface area contributed by atoms with Crippen molar-refractivity contribution >= 4 is 17.6 Å². The third-order valence-electron chi connectivity index (χ3n) is 3.73. The summed E-state index contributed by atoms with van der Waals surface area (Å²) in [5, 5.41) is 0.587. The number of rotatable bonds is 4. The summed E-state index contributed by atoms with van der Waals surface area (Å²) >= 11 is 5.95. The van der Waals surface area contributed by atoms with E-state index >= 15 is 0 Å². The third kappa shape index (κ3) is 3.80. The molecule has 25 heavy (non-hydrogen) atoms. The van der Waals surface area contributed by atoms with Crippen LogP contribution in [-0.2, 0) is 4.79 Å². The summed E-state index contributed by atoms with van der Waals surface area (Å²) in [6.45, 7) is 1.68. The molecule has 0 aliphatic heterocycles. The number of carbonyl (C=O) groups is 1. The molecule has 2 aromatic carbocycles. The van der Waals surface area contributed by atoms with E-state index in [4.69, 9.17) is 16.3 Å². The van der Waals surface area contributed by atoms with E-state index < -0.39 is 11.5 Å². The van der Waals surface area contributed by atoms with Crippen molar-refractivity contribution in [3.63, 3.8) is 0 Å². The van der Waals surface area contributed by atoms with Crippen molar-refractivity contribution in [3.8, 4) is 28.1 Å². The van der Waals surface area contributed by atoms with Gasteiger partial charge in [0.15, 0.2) is 0 Å². The van der Waals surface area contributed by atoms with Crippen molar-refractivity contribution in [2.45, 2.75) is 13.3 Å². The number of carbonyl (C=O) groups excluding carboxylic acids is 1. The molecule has 0 aliphatic rings. The molecule has 3 rings (SSSR count). The van der Waals surface area contributed by atoms with Gasteiger partial charge in [-0.2, -0.15) is 0 Å². The summed E-state index contributed by atoms with van der Waals surface area (Å²) in [6, 6.07) is 18.3. The van der Waals surface area contributed by atoms with Crippen LogP contribution < -0.4 is 10.3 Å². The number of halogens is 1. The van der Waals surface area contributed by atoms with E-state index in [1.807, 2.05) is 30.3 Å². The van der Waals surface area contributed by atoms with Gasteiger partial charge in [0.1, 0.15) is 0 Å². The first-order valence-electron chi connectivity index (χ1n) is 7.88. The molecule has 3 aromatic rings. The average Bonchev–Trinajstić information content (AvgIpc) is 2.64. The van der Waals surface area contributed by atoms with Crippen molar-refractivity contribution in [1.29, 1.82) is 0 Å². The van der Waals surface area contributed by atoms with E-state index in [2.05, 4.69) is 4.98 Å². The van der Waals surface area contributed by atoms with E-state index in [1.54, 1.807) is 37.3 Å². The Kier molecular flexibility index (Phi) is 5.00. The molecular weight excluding hydrogens is 338 g/mol. The van der Waals surface area contributed by atoms with Crippen LogP contribution in [0.4, 0.5) is 0 Å². The largest absolute Gasteiger partial charge is 0.420 e. The van der Waals surface area contributed by atoms with Crippen molar-refractivity contribution in [3.05, 3.63) is 76.0 Å². The van der Waals surface area contributed by atoms with Crippen molar-refractivity contribution in [2.75, 3.05) is 0 Å². The maximum Gasteiger partial charge on any atom is 0.311 e. The number of hydrogen-bond acceptors (Lipinski definition) is 3. The Hall–Kier alpha value is -2.85. The molecule has 0 unspecified atom stereocenters. The minimum absolute atomic E-state index is 0.00569. The standard InChI is InChI=1S/C20H16ClNO3/c1-2-18(23)25-19-16(13-8-10-15(21)11-9-13)12-17(22-20(19)24)14-6-4-3-5-7-14/h3-12H,2H2,1H3,(H,22,24). The zero-order valence-electron chi connectivity index (χ0n) is 13.6. The maximum atomic E-state index is 12.6. The number of nitrogens with one attached hydrogen (secondary N) is 1. The molecule has 1 aromatic heterocycles. The van der Waals surface area contributed by atoms with Gasteiger partial charge in [-0.25, -0.2) is 0 Å². The summed E-state index contributed by atoms with van der Waals surface area (Å²) < 4.78 is 5.29. The zero-order valence-corrected chi connectivity index (χ0v) is 14.3. The van der Waals surface area contributed by atoms with Gasteiger partial charge in [-0.15, -0.1) is 0 Å². The van der Waals surface area contributed by atoms with Crippen molar-refractivity contribution in [2.24, 2.45) is 0 Å². The molecule has 0 radical (unpaired) electrons. The Morgan fingerprint density at radius 2 is 1.72 bits per heavy atom. The monoisotopic (exact) mass is 353 g/mol. The first-order chi connectivity index (χ1) is 12.1. The van der Waals surface area contributed by atoms with Crippen LogP contribution in [0.1, 0.15) is 13.3 Å². The van der Waals surface area contributed by atoms with E-state index in [0.29, 0.717) is 16.3 Å². The van der Waals surface area contributed by atoms with Crippen molar-refractivity contribution in [1.82, 2.24) is 4.98 Å². The second kappa shape index (κ2) is 7.36. The van der Waals surface area contributed by atoms with E-state index in [1.165, 1.54) is 0 Å². The number of benzene rings is 2. The van der Waals surface area contributed by atoms with E-state index in [0.717, 1.165) is 11.1 Å². The Labute approximate surface area is 150 Å². The van der Waals surface area contributed by atoms with Crippen LogP contribution in [-0.4, -0.2) is 11.0 Å². The minimum Gasteiger partial charge on any atom is -0.420 e. The molecule has 0 aliphatic carbocycles. The van der Waals surface area contributed by atoms with Gasteiger partial charge in [0.2, 0.25) is 5.75 Å². The summed E-state index contributed by atoms with van der Waals surface area (Å²) in [4.78, 5) is 27.1. The molecule has 126 valence electrons. The molecule has 0 spiro atoms. The Morgan fingerprint density at radius 3 is 2.36 bits per heavy atom. The molecule has 0 fully saturated rings. The quantitative estimate of drug-likeness (QED) is 0.693. The van der Waals surface area contributed by atoms with Crippen LogP contribution in [0.25, 0.3) is 22.4 Å². The minimum atomic E-state index is -0.465. The van der Waals surface area contributed by atoms with Crippen LogP contribution >= 0.6 is 11.6 Å². The van der Waals surface area contributed by atoms with Crippen LogP contribution in [0.5, 0.6) is 5.75 Å². The number of aromatic amines is 1. The van der Waals surface area contributed by atoms with Gasteiger partial charge in [-0.1, -0.05) is 61.0 Å². The SMILES string of the molecule is CCC(=O)Oc1c(-c2ccc(Cl)cc2)cc(-c2ccccc2)[nH]c1=O. The van der Waals surface area contributed by atoms with Crippen LogP contribution in [0.3, 0.4) is 0 Å². The van der Waals surface area contributed by atoms with Crippen LogP contribution in [0.2, 0.25) is 5.02 Å². The van der Waals surface area contributed by atoms with Gasteiger partial charge in [0.05, 0.1) is 0 Å². The lowest BCUT2D eigenvalue weighted by Gasteiger charge is -2.12. The van der Waals surface area contributed by atoms with Gasteiger partial charge < -0.3 is 9.72 Å². The number of pyridine rings is 1. The summed E-state index contributed by atoms with van der Waals surface area (Å²) in [5.74, 6) is -0.470. The van der Waals surface area contributed by atoms with Crippen LogP contribution in [0, 0.1) is 0 Å². The molecule has 0 saturated heterocycles. The van der Waals surface area contributed by atoms with Crippen molar-refractivity contribution < 1.29 is 9.53 Å². The predicted molar refractivity (Wildman–Crippen MR) is 98.9 cm³/mol. The predicted octanol–water partition coefficient (Wildman–Crippen LogP) is 4.68. The fourth-order valence-electron chi connectivity index (χ4n) is 2.45. The first kappa shape index (κ1) is 17.0. The highest BCUT2D eigenvalue weighted by Gasteiger charge is 2.16. The molecule has 0 amide bonds. The summed E-state index contributed by atoms with van der Waals surface area (Å²) in [5.41, 5.74) is 2.34. The Bertz CT molecular complexity index is 947. The Morgan fingerprint density at radius 1 is 1.04 bits per heavy atom. The van der Waals surface area contributed by atoms with E-state index in [9.17, 15) is 9.59 Å². The highest BCUT2D eigenvalue weighted by molar-refractivity contribution is 6.30. The first-order valence-corrected chi connectivity index (χ1v) is 8.25. The number of H-pyrrole nitrogens is 1. The van der Waals surface area contributed by atoms with Gasteiger partial charge in [-0.3, -0.25) is 9.59 Å².